The van der Waals surface area contributed by atoms with E-state index >= 15 is 0 Å². The highest BCUT2D eigenvalue weighted by Crippen LogP contribution is 2.39. The standard InChI is InChI=1S/C24H22N2/c1-3-9-17(10-4-1)22-23(18-11-5-2-6-12-18)26-24(25-22)21-15-19-13-7-8-14-20(19)16-21/h1-14,21-23H,15-16H2,(H,25,26)/t22-,23+. The number of fused-ring (bicyclic) bond motifs is 1. The predicted molar refractivity (Wildman–Crippen MR) is 106 cm³/mol. The van der Waals surface area contributed by atoms with E-state index < -0.39 is 0 Å². The van der Waals surface area contributed by atoms with Crippen molar-refractivity contribution in [3.8, 4) is 0 Å². The largest absolute Gasteiger partial charge is 0.364 e. The van der Waals surface area contributed by atoms with Gasteiger partial charge in [-0.1, -0.05) is 84.9 Å². The number of aliphatic imine (C=N–C) groups is 1. The van der Waals surface area contributed by atoms with Crippen LogP contribution < -0.4 is 5.32 Å². The molecule has 0 amide bonds. The first kappa shape index (κ1) is 15.4. The van der Waals surface area contributed by atoms with E-state index in [2.05, 4.69) is 90.2 Å². The maximum absolute atomic E-state index is 5.19. The number of hydrogen-bond acceptors (Lipinski definition) is 2. The average molecular weight is 338 g/mol. The summed E-state index contributed by atoms with van der Waals surface area (Å²) in [6.45, 7) is 0. The molecule has 0 saturated carbocycles. The van der Waals surface area contributed by atoms with Gasteiger partial charge >= 0.3 is 0 Å². The van der Waals surface area contributed by atoms with E-state index in [1.54, 1.807) is 0 Å². The highest BCUT2D eigenvalue weighted by molar-refractivity contribution is 5.88. The van der Waals surface area contributed by atoms with Crippen LogP contribution in [0.25, 0.3) is 0 Å². The molecule has 0 radical (unpaired) electrons. The van der Waals surface area contributed by atoms with Gasteiger partial charge in [0.1, 0.15) is 11.9 Å². The quantitative estimate of drug-likeness (QED) is 0.723. The van der Waals surface area contributed by atoms with Crippen LogP contribution in [0.1, 0.15) is 34.3 Å². The minimum Gasteiger partial charge on any atom is -0.364 e. The van der Waals surface area contributed by atoms with E-state index in [1.807, 2.05) is 0 Å². The minimum atomic E-state index is 0.136. The Kier molecular flexibility index (Phi) is 3.82. The summed E-state index contributed by atoms with van der Waals surface area (Å²) >= 11 is 0. The van der Waals surface area contributed by atoms with E-state index in [-0.39, 0.29) is 12.1 Å². The molecule has 0 unspecified atom stereocenters. The van der Waals surface area contributed by atoms with Crippen molar-refractivity contribution in [3.63, 3.8) is 0 Å². The smallest absolute Gasteiger partial charge is 0.102 e. The van der Waals surface area contributed by atoms with Crippen LogP contribution in [-0.4, -0.2) is 5.84 Å². The summed E-state index contributed by atoms with van der Waals surface area (Å²) < 4.78 is 0. The van der Waals surface area contributed by atoms with Crippen molar-refractivity contribution >= 4 is 5.84 Å². The molecule has 2 nitrogen and oxygen atoms in total. The first-order valence-electron chi connectivity index (χ1n) is 9.39. The molecule has 0 saturated heterocycles. The second-order valence-corrected chi connectivity index (χ2v) is 7.28. The van der Waals surface area contributed by atoms with Crippen molar-refractivity contribution in [1.82, 2.24) is 5.32 Å². The first-order valence-corrected chi connectivity index (χ1v) is 9.39. The number of nitrogens with zero attached hydrogens (tertiary/aromatic N) is 1. The number of hydrogen-bond donors (Lipinski definition) is 1. The van der Waals surface area contributed by atoms with Crippen LogP contribution in [0, 0.1) is 5.92 Å². The number of nitrogens with one attached hydrogen (secondary N) is 1. The summed E-state index contributed by atoms with van der Waals surface area (Å²) in [5, 5.41) is 3.78. The van der Waals surface area contributed by atoms with Crippen LogP contribution in [0.4, 0.5) is 0 Å². The lowest BCUT2D eigenvalue weighted by Gasteiger charge is -2.20. The van der Waals surface area contributed by atoms with Gasteiger partial charge in [0.15, 0.2) is 0 Å². The molecule has 1 aliphatic carbocycles. The Balaban J connectivity index is 1.48. The molecule has 0 aromatic heterocycles. The fourth-order valence-corrected chi connectivity index (χ4v) is 4.32. The molecule has 1 aliphatic heterocycles. The minimum absolute atomic E-state index is 0.136. The van der Waals surface area contributed by atoms with Crippen molar-refractivity contribution < 1.29 is 0 Å². The van der Waals surface area contributed by atoms with Gasteiger partial charge in [-0.15, -0.1) is 0 Å². The zero-order valence-electron chi connectivity index (χ0n) is 14.7. The fourth-order valence-electron chi connectivity index (χ4n) is 4.32. The van der Waals surface area contributed by atoms with Crippen LogP contribution in [0.2, 0.25) is 0 Å². The molecule has 1 N–H and O–H groups in total. The van der Waals surface area contributed by atoms with E-state index in [0.29, 0.717) is 5.92 Å². The normalized spacial score (nSPS) is 21.9. The van der Waals surface area contributed by atoms with Crippen molar-refractivity contribution in [3.05, 3.63) is 107 Å². The third kappa shape index (κ3) is 2.72. The summed E-state index contributed by atoms with van der Waals surface area (Å²) in [7, 11) is 0. The Hall–Kier alpha value is -2.87. The summed E-state index contributed by atoms with van der Waals surface area (Å²) in [5.41, 5.74) is 5.53. The van der Waals surface area contributed by atoms with E-state index in [1.165, 1.54) is 28.1 Å². The summed E-state index contributed by atoms with van der Waals surface area (Å²) in [6, 6.07) is 30.5. The van der Waals surface area contributed by atoms with Crippen LogP contribution in [-0.2, 0) is 12.8 Å². The average Bonchev–Trinajstić information content (AvgIpc) is 3.34. The molecule has 1 heterocycles. The van der Waals surface area contributed by atoms with Crippen LogP contribution in [0.15, 0.2) is 89.9 Å². The zero-order chi connectivity index (χ0) is 17.3. The van der Waals surface area contributed by atoms with Gasteiger partial charge in [0.25, 0.3) is 0 Å². The molecule has 0 spiro atoms. The molecule has 5 rings (SSSR count). The molecule has 0 fully saturated rings. The molecule has 0 bridgehead atoms. The third-order valence-corrected chi connectivity index (χ3v) is 5.63. The lowest BCUT2D eigenvalue weighted by Crippen LogP contribution is -2.30. The van der Waals surface area contributed by atoms with Crippen LogP contribution in [0.5, 0.6) is 0 Å². The van der Waals surface area contributed by atoms with Gasteiger partial charge in [0.2, 0.25) is 0 Å². The SMILES string of the molecule is c1ccc([C@H]2NC(C3Cc4ccccc4C3)=N[C@H]2c2ccccc2)cc1. The van der Waals surface area contributed by atoms with E-state index in [0.717, 1.165) is 12.8 Å². The first-order chi connectivity index (χ1) is 12.9. The third-order valence-electron chi connectivity index (χ3n) is 5.63. The summed E-state index contributed by atoms with van der Waals surface area (Å²) in [5.74, 6) is 1.64. The zero-order valence-corrected chi connectivity index (χ0v) is 14.7. The van der Waals surface area contributed by atoms with Gasteiger partial charge < -0.3 is 5.32 Å². The highest BCUT2D eigenvalue weighted by Gasteiger charge is 2.36. The molecule has 3 aromatic rings. The lowest BCUT2D eigenvalue weighted by molar-refractivity contribution is 0.567. The molecule has 2 atom stereocenters. The highest BCUT2D eigenvalue weighted by atomic mass is 15.1. The van der Waals surface area contributed by atoms with Crippen molar-refractivity contribution in [1.29, 1.82) is 0 Å². The summed E-state index contributed by atoms with van der Waals surface area (Å²) in [6.07, 6.45) is 2.18. The monoisotopic (exact) mass is 338 g/mol. The Labute approximate surface area is 154 Å². The second kappa shape index (κ2) is 6.45. The van der Waals surface area contributed by atoms with Crippen LogP contribution in [0.3, 0.4) is 0 Å². The maximum Gasteiger partial charge on any atom is 0.102 e. The molecule has 2 aliphatic rings. The van der Waals surface area contributed by atoms with E-state index in [4.69, 9.17) is 4.99 Å². The number of rotatable bonds is 3. The topological polar surface area (TPSA) is 24.4 Å². The summed E-state index contributed by atoms with van der Waals surface area (Å²) in [4.78, 5) is 5.19. The van der Waals surface area contributed by atoms with Crippen LogP contribution >= 0.6 is 0 Å². The fraction of sp³-hybridized carbons (Fsp3) is 0.208. The van der Waals surface area contributed by atoms with Gasteiger partial charge in [0.05, 0.1) is 6.04 Å². The van der Waals surface area contributed by atoms with Crippen molar-refractivity contribution in [2.75, 3.05) is 0 Å². The predicted octanol–water partition coefficient (Wildman–Crippen LogP) is 4.89. The number of benzene rings is 3. The Morgan fingerprint density at radius 3 is 1.81 bits per heavy atom. The molecule has 3 aromatic carbocycles. The molecule has 2 heteroatoms. The van der Waals surface area contributed by atoms with Crippen molar-refractivity contribution in [2.24, 2.45) is 10.9 Å². The van der Waals surface area contributed by atoms with Gasteiger partial charge in [-0.05, 0) is 35.1 Å². The Morgan fingerprint density at radius 1 is 0.654 bits per heavy atom. The number of amidine groups is 1. The maximum atomic E-state index is 5.19. The second-order valence-electron chi connectivity index (χ2n) is 7.28. The molecular weight excluding hydrogens is 316 g/mol. The van der Waals surface area contributed by atoms with E-state index in [9.17, 15) is 0 Å². The Morgan fingerprint density at radius 2 is 1.19 bits per heavy atom. The Bertz CT molecular complexity index is 906. The van der Waals surface area contributed by atoms with Gasteiger partial charge in [0, 0.05) is 5.92 Å². The van der Waals surface area contributed by atoms with Crippen molar-refractivity contribution in [2.45, 2.75) is 24.9 Å². The molecule has 26 heavy (non-hydrogen) atoms. The lowest BCUT2D eigenvalue weighted by atomic mass is 9.95. The van der Waals surface area contributed by atoms with Gasteiger partial charge in [-0.2, -0.15) is 0 Å². The van der Waals surface area contributed by atoms with Gasteiger partial charge in [-0.25, -0.2) is 0 Å². The van der Waals surface area contributed by atoms with Gasteiger partial charge in [-0.3, -0.25) is 4.99 Å². The molecule has 128 valence electrons. The molecular formula is C24H22N2.